The topological polar surface area (TPSA) is 69.9 Å². The fourth-order valence-corrected chi connectivity index (χ4v) is 0.638. The Balaban J connectivity index is 2.48. The summed E-state index contributed by atoms with van der Waals surface area (Å²) in [6.45, 7) is 0.625. The van der Waals surface area contributed by atoms with E-state index in [0.29, 0.717) is 6.54 Å². The summed E-state index contributed by atoms with van der Waals surface area (Å²) in [7, 11) is 0. The Kier molecular flexibility index (Phi) is 1.81. The fraction of sp³-hybridized carbons (Fsp3) is 0.400. The lowest BCUT2D eigenvalue weighted by Crippen LogP contribution is -2.34. The van der Waals surface area contributed by atoms with Gasteiger partial charge in [-0.05, 0) is 0 Å². The van der Waals surface area contributed by atoms with Crippen LogP contribution in [0.5, 0.6) is 0 Å². The van der Waals surface area contributed by atoms with E-state index in [2.05, 4.69) is 4.98 Å². The lowest BCUT2D eigenvalue weighted by atomic mass is 10.5. The molecule has 0 amide bonds. The molecule has 0 aliphatic carbocycles. The van der Waals surface area contributed by atoms with Crippen molar-refractivity contribution in [2.24, 2.45) is 11.5 Å². The van der Waals surface area contributed by atoms with Crippen LogP contribution >= 0.6 is 0 Å². The summed E-state index contributed by atoms with van der Waals surface area (Å²) < 4.78 is 1.84. The Morgan fingerprint density at radius 2 is 2.33 bits per heavy atom. The standard InChI is InChI=1S/C5H10N4/c6-5(7)3-9-2-1-8-4-9/h1-2,4-5H,3,6-7H2. The minimum absolute atomic E-state index is 0.292. The van der Waals surface area contributed by atoms with Crippen molar-refractivity contribution in [1.82, 2.24) is 9.55 Å². The maximum Gasteiger partial charge on any atom is 0.0946 e. The lowest BCUT2D eigenvalue weighted by Gasteiger charge is -2.03. The van der Waals surface area contributed by atoms with E-state index in [1.807, 2.05) is 10.8 Å². The van der Waals surface area contributed by atoms with Crippen molar-refractivity contribution >= 4 is 0 Å². The SMILES string of the molecule is NC(N)Cn1ccnc1. The average molecular weight is 126 g/mol. The molecule has 1 rings (SSSR count). The van der Waals surface area contributed by atoms with Crippen LogP contribution < -0.4 is 11.5 Å². The zero-order valence-electron chi connectivity index (χ0n) is 5.07. The normalized spacial score (nSPS) is 10.6. The van der Waals surface area contributed by atoms with Crippen LogP contribution in [0.4, 0.5) is 0 Å². The Labute approximate surface area is 53.5 Å². The first kappa shape index (κ1) is 6.25. The van der Waals surface area contributed by atoms with Crippen LogP contribution in [0.2, 0.25) is 0 Å². The van der Waals surface area contributed by atoms with Crippen LogP contribution in [0.25, 0.3) is 0 Å². The maximum absolute atomic E-state index is 5.31. The van der Waals surface area contributed by atoms with Gasteiger partial charge in [0.25, 0.3) is 0 Å². The van der Waals surface area contributed by atoms with Gasteiger partial charge in [0, 0.05) is 12.4 Å². The molecule has 0 aliphatic rings. The predicted molar refractivity (Wildman–Crippen MR) is 34.4 cm³/mol. The van der Waals surface area contributed by atoms with E-state index >= 15 is 0 Å². The number of hydrogen-bond acceptors (Lipinski definition) is 3. The molecule has 4 nitrogen and oxygen atoms in total. The molecule has 0 spiro atoms. The first-order valence-corrected chi connectivity index (χ1v) is 2.76. The minimum atomic E-state index is -0.292. The highest BCUT2D eigenvalue weighted by Gasteiger charge is 1.92. The number of rotatable bonds is 2. The number of nitrogens with zero attached hydrogens (tertiary/aromatic N) is 2. The van der Waals surface area contributed by atoms with Gasteiger partial charge in [-0.25, -0.2) is 4.98 Å². The van der Waals surface area contributed by atoms with Gasteiger partial charge in [-0.15, -0.1) is 0 Å². The molecule has 0 radical (unpaired) electrons. The van der Waals surface area contributed by atoms with Gasteiger partial charge in [-0.1, -0.05) is 0 Å². The average Bonchev–Trinajstić information content (AvgIpc) is 2.15. The van der Waals surface area contributed by atoms with Crippen molar-refractivity contribution in [3.05, 3.63) is 18.7 Å². The molecule has 0 saturated heterocycles. The lowest BCUT2D eigenvalue weighted by molar-refractivity contribution is 0.569. The Morgan fingerprint density at radius 3 is 2.78 bits per heavy atom. The molecule has 0 unspecified atom stereocenters. The zero-order valence-corrected chi connectivity index (χ0v) is 5.07. The molecule has 9 heavy (non-hydrogen) atoms. The van der Waals surface area contributed by atoms with E-state index in [1.165, 1.54) is 0 Å². The number of aromatic nitrogens is 2. The van der Waals surface area contributed by atoms with Crippen LogP contribution in [-0.4, -0.2) is 15.7 Å². The second-order valence-electron chi connectivity index (χ2n) is 1.92. The summed E-state index contributed by atoms with van der Waals surface area (Å²) in [5, 5.41) is 0. The number of imidazole rings is 1. The van der Waals surface area contributed by atoms with Gasteiger partial charge in [0.15, 0.2) is 0 Å². The Hall–Kier alpha value is -0.870. The third-order valence-electron chi connectivity index (χ3n) is 0.981. The van der Waals surface area contributed by atoms with Crippen LogP contribution in [0, 0.1) is 0 Å². The monoisotopic (exact) mass is 126 g/mol. The van der Waals surface area contributed by atoms with E-state index in [9.17, 15) is 0 Å². The van der Waals surface area contributed by atoms with Crippen molar-refractivity contribution < 1.29 is 0 Å². The smallest absolute Gasteiger partial charge is 0.0946 e. The van der Waals surface area contributed by atoms with Crippen molar-refractivity contribution in [1.29, 1.82) is 0 Å². The van der Waals surface area contributed by atoms with Gasteiger partial charge in [-0.2, -0.15) is 0 Å². The van der Waals surface area contributed by atoms with Crippen molar-refractivity contribution in [2.45, 2.75) is 12.7 Å². The van der Waals surface area contributed by atoms with Crippen LogP contribution in [-0.2, 0) is 6.54 Å². The molecule has 50 valence electrons. The number of nitrogens with two attached hydrogens (primary N) is 2. The molecule has 0 fully saturated rings. The van der Waals surface area contributed by atoms with Gasteiger partial charge in [-0.3, -0.25) is 0 Å². The number of hydrogen-bond donors (Lipinski definition) is 2. The molecular weight excluding hydrogens is 116 g/mol. The minimum Gasteiger partial charge on any atom is -0.335 e. The van der Waals surface area contributed by atoms with Gasteiger partial charge in [0.2, 0.25) is 0 Å². The van der Waals surface area contributed by atoms with Gasteiger partial charge in [0.05, 0.1) is 19.0 Å². The molecule has 0 bridgehead atoms. The molecule has 0 saturated carbocycles. The molecule has 0 atom stereocenters. The van der Waals surface area contributed by atoms with Crippen LogP contribution in [0.1, 0.15) is 0 Å². The second kappa shape index (κ2) is 2.61. The Bertz CT molecular complexity index is 155. The highest BCUT2D eigenvalue weighted by atomic mass is 15.1. The van der Waals surface area contributed by atoms with Gasteiger partial charge >= 0.3 is 0 Å². The predicted octanol–water partition coefficient (Wildman–Crippen LogP) is -0.873. The second-order valence-corrected chi connectivity index (χ2v) is 1.92. The van der Waals surface area contributed by atoms with E-state index < -0.39 is 0 Å². The summed E-state index contributed by atoms with van der Waals surface area (Å²) in [5.41, 5.74) is 10.6. The maximum atomic E-state index is 5.31. The van der Waals surface area contributed by atoms with Crippen molar-refractivity contribution in [2.75, 3.05) is 0 Å². The molecule has 1 aromatic rings. The van der Waals surface area contributed by atoms with E-state index in [4.69, 9.17) is 11.5 Å². The molecule has 4 N–H and O–H groups in total. The third kappa shape index (κ3) is 1.83. The summed E-state index contributed by atoms with van der Waals surface area (Å²) in [4.78, 5) is 3.83. The van der Waals surface area contributed by atoms with Gasteiger partial charge in [0.1, 0.15) is 0 Å². The molecule has 1 heterocycles. The quantitative estimate of drug-likeness (QED) is 0.506. The molecule has 1 aromatic heterocycles. The largest absolute Gasteiger partial charge is 0.335 e. The molecule has 4 heteroatoms. The summed E-state index contributed by atoms with van der Waals surface area (Å²) in [5.74, 6) is 0. The fourth-order valence-electron chi connectivity index (χ4n) is 0.638. The van der Waals surface area contributed by atoms with Crippen LogP contribution in [0.3, 0.4) is 0 Å². The summed E-state index contributed by atoms with van der Waals surface area (Å²) in [6.07, 6.45) is 4.92. The first-order valence-electron chi connectivity index (χ1n) is 2.76. The molecular formula is C5H10N4. The van der Waals surface area contributed by atoms with E-state index in [1.54, 1.807) is 12.5 Å². The summed E-state index contributed by atoms with van der Waals surface area (Å²) >= 11 is 0. The highest BCUT2D eigenvalue weighted by molar-refractivity contribution is 4.74. The molecule has 0 aromatic carbocycles. The van der Waals surface area contributed by atoms with Crippen LogP contribution in [0.15, 0.2) is 18.7 Å². The van der Waals surface area contributed by atoms with E-state index in [-0.39, 0.29) is 6.17 Å². The summed E-state index contributed by atoms with van der Waals surface area (Å²) in [6, 6.07) is 0. The first-order chi connectivity index (χ1) is 4.29. The highest BCUT2D eigenvalue weighted by Crippen LogP contribution is 1.83. The van der Waals surface area contributed by atoms with E-state index in [0.717, 1.165) is 0 Å². The van der Waals surface area contributed by atoms with Crippen molar-refractivity contribution in [3.63, 3.8) is 0 Å². The zero-order chi connectivity index (χ0) is 6.69. The van der Waals surface area contributed by atoms with Gasteiger partial charge < -0.3 is 16.0 Å². The molecule has 0 aliphatic heterocycles. The Morgan fingerprint density at radius 1 is 1.56 bits per heavy atom. The van der Waals surface area contributed by atoms with Crippen molar-refractivity contribution in [3.8, 4) is 0 Å². The third-order valence-corrected chi connectivity index (χ3v) is 0.981.